The van der Waals surface area contributed by atoms with Crippen LogP contribution in [0.1, 0.15) is 33.4 Å². The quantitative estimate of drug-likeness (QED) is 0.158. The maximum absolute atomic E-state index is 4.56. The number of nitrogens with zero attached hydrogens (tertiary/aromatic N) is 6. The zero-order valence-corrected chi connectivity index (χ0v) is 26.2. The van der Waals surface area contributed by atoms with E-state index in [1.54, 1.807) is 12.7 Å². The van der Waals surface area contributed by atoms with E-state index in [4.69, 9.17) is 0 Å². The molecule has 0 spiro atoms. The molecular formula is C40H36N6. The Balaban J connectivity index is 0.962. The lowest BCUT2D eigenvalue weighted by molar-refractivity contribution is 0.879. The molecule has 0 atom stereocenters. The van der Waals surface area contributed by atoms with Crippen molar-refractivity contribution < 1.29 is 0 Å². The molecule has 0 N–H and O–H groups in total. The third kappa shape index (κ3) is 6.28. The molecule has 46 heavy (non-hydrogen) atoms. The first-order chi connectivity index (χ1) is 22.6. The van der Waals surface area contributed by atoms with Gasteiger partial charge in [-0.1, -0.05) is 109 Å². The van der Waals surface area contributed by atoms with Crippen molar-refractivity contribution in [1.29, 1.82) is 0 Å². The summed E-state index contributed by atoms with van der Waals surface area (Å²) >= 11 is 0. The van der Waals surface area contributed by atoms with Crippen molar-refractivity contribution in [3.05, 3.63) is 167 Å². The van der Waals surface area contributed by atoms with E-state index in [0.29, 0.717) is 0 Å². The zero-order valence-electron chi connectivity index (χ0n) is 26.2. The average Bonchev–Trinajstić information content (AvgIpc) is 3.79. The molecule has 226 valence electrons. The summed E-state index contributed by atoms with van der Waals surface area (Å²) in [6.07, 6.45) is 7.23. The van der Waals surface area contributed by atoms with E-state index in [1.807, 2.05) is 33.6 Å². The second-order valence-corrected chi connectivity index (χ2v) is 11.8. The summed E-state index contributed by atoms with van der Waals surface area (Å²) in [6.45, 7) is 4.19. The van der Waals surface area contributed by atoms with E-state index >= 15 is 0 Å². The second-order valence-electron chi connectivity index (χ2n) is 11.8. The van der Waals surface area contributed by atoms with Gasteiger partial charge in [-0.2, -0.15) is 10.2 Å². The highest BCUT2D eigenvalue weighted by molar-refractivity contribution is 5.60. The summed E-state index contributed by atoms with van der Waals surface area (Å²) in [5.74, 6) is 1.71. The van der Waals surface area contributed by atoms with Crippen LogP contribution >= 0.6 is 0 Å². The first-order valence-corrected chi connectivity index (χ1v) is 15.8. The topological polar surface area (TPSA) is 61.4 Å². The van der Waals surface area contributed by atoms with Crippen molar-refractivity contribution in [3.8, 4) is 34.2 Å². The van der Waals surface area contributed by atoms with Crippen LogP contribution in [-0.2, 0) is 25.7 Å². The van der Waals surface area contributed by atoms with E-state index in [0.717, 1.165) is 59.8 Å². The maximum Gasteiger partial charge on any atom is 0.163 e. The van der Waals surface area contributed by atoms with Crippen LogP contribution in [0.25, 0.3) is 34.2 Å². The minimum atomic E-state index is 0.855. The van der Waals surface area contributed by atoms with E-state index in [1.165, 1.54) is 33.4 Å². The summed E-state index contributed by atoms with van der Waals surface area (Å²) in [5.41, 5.74) is 11.9. The molecule has 7 rings (SSSR count). The Morgan fingerprint density at radius 2 is 0.848 bits per heavy atom. The van der Waals surface area contributed by atoms with Gasteiger partial charge in [0, 0.05) is 11.1 Å². The molecular weight excluding hydrogens is 564 g/mol. The Kier molecular flexibility index (Phi) is 8.33. The van der Waals surface area contributed by atoms with Gasteiger partial charge < -0.3 is 0 Å². The molecule has 2 aromatic heterocycles. The fourth-order valence-electron chi connectivity index (χ4n) is 5.99. The van der Waals surface area contributed by atoms with Crippen LogP contribution in [0.3, 0.4) is 0 Å². The Morgan fingerprint density at radius 1 is 0.435 bits per heavy atom. The third-order valence-electron chi connectivity index (χ3n) is 8.60. The van der Waals surface area contributed by atoms with Gasteiger partial charge in [0.05, 0.1) is 11.4 Å². The SMILES string of the molecule is Cc1ccccc1-n1ncnc1-c1ccc(CCc2cccc(CCc3ccc(-c4ncnn4-c4ccccc4C)cc3)c2)cc1. The zero-order chi connectivity index (χ0) is 31.3. The maximum atomic E-state index is 4.56. The largest absolute Gasteiger partial charge is 0.215 e. The molecule has 0 aliphatic rings. The van der Waals surface area contributed by atoms with Gasteiger partial charge in [-0.15, -0.1) is 0 Å². The summed E-state index contributed by atoms with van der Waals surface area (Å²) in [7, 11) is 0. The van der Waals surface area contributed by atoms with Crippen molar-refractivity contribution in [1.82, 2.24) is 29.5 Å². The lowest BCUT2D eigenvalue weighted by atomic mass is 9.98. The fourth-order valence-corrected chi connectivity index (χ4v) is 5.99. The summed E-state index contributed by atoms with van der Waals surface area (Å²) in [5, 5.41) is 8.99. The molecule has 0 aliphatic carbocycles. The van der Waals surface area contributed by atoms with Gasteiger partial charge in [0.1, 0.15) is 12.7 Å². The Hall–Kier alpha value is -5.62. The molecule has 0 bridgehead atoms. The van der Waals surface area contributed by atoms with Gasteiger partial charge >= 0.3 is 0 Å². The van der Waals surface area contributed by atoms with Crippen molar-refractivity contribution in [2.24, 2.45) is 0 Å². The Bertz CT molecular complexity index is 1920. The number of benzene rings is 5. The molecule has 2 heterocycles. The van der Waals surface area contributed by atoms with Gasteiger partial charge in [0.15, 0.2) is 11.6 Å². The van der Waals surface area contributed by atoms with Gasteiger partial charge in [-0.3, -0.25) is 0 Å². The number of rotatable bonds is 10. The number of hydrogen-bond acceptors (Lipinski definition) is 4. The smallest absolute Gasteiger partial charge is 0.163 e. The molecule has 0 radical (unpaired) electrons. The Morgan fingerprint density at radius 3 is 1.28 bits per heavy atom. The van der Waals surface area contributed by atoms with Crippen LogP contribution in [-0.4, -0.2) is 29.5 Å². The molecule has 5 aromatic carbocycles. The van der Waals surface area contributed by atoms with Crippen LogP contribution in [0.4, 0.5) is 0 Å². The van der Waals surface area contributed by atoms with Crippen molar-refractivity contribution in [2.75, 3.05) is 0 Å². The van der Waals surface area contributed by atoms with E-state index in [9.17, 15) is 0 Å². The molecule has 0 saturated carbocycles. The molecule has 7 aromatic rings. The van der Waals surface area contributed by atoms with Gasteiger partial charge in [0.2, 0.25) is 0 Å². The van der Waals surface area contributed by atoms with Gasteiger partial charge in [0.25, 0.3) is 0 Å². The average molecular weight is 601 g/mol. The summed E-state index contributed by atoms with van der Waals surface area (Å²) in [4.78, 5) is 9.11. The highest BCUT2D eigenvalue weighted by Crippen LogP contribution is 2.25. The Labute approximate surface area is 270 Å². The molecule has 0 amide bonds. The number of para-hydroxylation sites is 2. The predicted octanol–water partition coefficient (Wildman–Crippen LogP) is 8.37. The molecule has 0 fully saturated rings. The minimum Gasteiger partial charge on any atom is -0.215 e. The highest BCUT2D eigenvalue weighted by Gasteiger charge is 2.12. The van der Waals surface area contributed by atoms with Crippen molar-refractivity contribution in [2.45, 2.75) is 39.5 Å². The molecule has 0 saturated heterocycles. The first kappa shape index (κ1) is 29.1. The standard InChI is InChI=1S/C40H36N6/c1-29-8-3-5-12-37(29)45-39(41-27-43-45)35-22-18-31(19-23-35)14-16-33-10-7-11-34(26-33)17-15-32-20-24-36(25-21-32)40-42-28-44-46(40)38-13-6-4-9-30(38)2/h3-13,18-28H,14-17H2,1-2H3. The lowest BCUT2D eigenvalue weighted by Gasteiger charge is -2.10. The first-order valence-electron chi connectivity index (χ1n) is 15.8. The van der Waals surface area contributed by atoms with Gasteiger partial charge in [-0.05, 0) is 85.0 Å². The second kappa shape index (κ2) is 13.2. The number of hydrogen-bond donors (Lipinski definition) is 0. The molecule has 0 unspecified atom stereocenters. The van der Waals surface area contributed by atoms with E-state index in [-0.39, 0.29) is 0 Å². The molecule has 6 heteroatoms. The summed E-state index contributed by atoms with van der Waals surface area (Å²) < 4.78 is 3.84. The normalized spacial score (nSPS) is 11.2. The van der Waals surface area contributed by atoms with Crippen LogP contribution in [0.15, 0.2) is 134 Å². The summed E-state index contributed by atoms with van der Waals surface area (Å²) in [6, 6.07) is 43.0. The van der Waals surface area contributed by atoms with Crippen LogP contribution < -0.4 is 0 Å². The van der Waals surface area contributed by atoms with Crippen LogP contribution in [0.2, 0.25) is 0 Å². The van der Waals surface area contributed by atoms with Crippen LogP contribution in [0.5, 0.6) is 0 Å². The third-order valence-corrected chi connectivity index (χ3v) is 8.60. The number of aromatic nitrogens is 6. The minimum absolute atomic E-state index is 0.855. The van der Waals surface area contributed by atoms with Crippen molar-refractivity contribution >= 4 is 0 Å². The molecule has 0 aliphatic heterocycles. The van der Waals surface area contributed by atoms with Gasteiger partial charge in [-0.25, -0.2) is 19.3 Å². The van der Waals surface area contributed by atoms with E-state index < -0.39 is 0 Å². The number of aryl methyl sites for hydroxylation is 6. The monoisotopic (exact) mass is 600 g/mol. The molecule has 6 nitrogen and oxygen atoms in total. The van der Waals surface area contributed by atoms with Crippen molar-refractivity contribution in [3.63, 3.8) is 0 Å². The van der Waals surface area contributed by atoms with E-state index in [2.05, 4.69) is 131 Å². The lowest BCUT2D eigenvalue weighted by Crippen LogP contribution is -2.02. The fraction of sp³-hybridized carbons (Fsp3) is 0.150. The predicted molar refractivity (Wildman–Crippen MR) is 184 cm³/mol. The van der Waals surface area contributed by atoms with Crippen LogP contribution in [0, 0.1) is 13.8 Å². The highest BCUT2D eigenvalue weighted by atomic mass is 15.3.